The quantitative estimate of drug-likeness (QED) is 0.703. The molecule has 2 atom stereocenters. The van der Waals surface area contributed by atoms with Crippen molar-refractivity contribution in [1.29, 1.82) is 0 Å². The van der Waals surface area contributed by atoms with Crippen LogP contribution in [0.25, 0.3) is 0 Å². The summed E-state index contributed by atoms with van der Waals surface area (Å²) in [6.45, 7) is 8.85. The highest BCUT2D eigenvalue weighted by Gasteiger charge is 2.45. The smallest absolute Gasteiger partial charge is 0.285 e. The lowest BCUT2D eigenvalue weighted by atomic mass is 9.95. The number of carbonyl (C=O) groups is 1. The highest BCUT2D eigenvalue weighted by atomic mass is 32.2. The van der Waals surface area contributed by atoms with Crippen molar-refractivity contribution in [2.24, 2.45) is 21.6 Å². The second-order valence-electron chi connectivity index (χ2n) is 8.27. The van der Waals surface area contributed by atoms with Gasteiger partial charge in [-0.15, -0.1) is 4.40 Å². The van der Waals surface area contributed by atoms with Crippen molar-refractivity contribution in [2.45, 2.75) is 25.7 Å². The highest BCUT2D eigenvalue weighted by molar-refractivity contribution is 7.90. The molecule has 1 aromatic carbocycles. The van der Waals surface area contributed by atoms with Gasteiger partial charge in [-0.3, -0.25) is 4.79 Å². The summed E-state index contributed by atoms with van der Waals surface area (Å²) in [6.07, 6.45) is 0. The zero-order chi connectivity index (χ0) is 18.0. The summed E-state index contributed by atoms with van der Waals surface area (Å²) in [6, 6.07) is 7.00. The van der Waals surface area contributed by atoms with Gasteiger partial charge in [-0.05, 0) is 12.1 Å². The molecule has 3 heterocycles. The number of fused-ring (bicyclic) bond motifs is 2. The van der Waals surface area contributed by atoms with E-state index in [0.29, 0.717) is 28.1 Å². The van der Waals surface area contributed by atoms with Gasteiger partial charge in [0, 0.05) is 49.0 Å². The van der Waals surface area contributed by atoms with E-state index in [2.05, 4.69) is 9.30 Å². The fourth-order valence-corrected chi connectivity index (χ4v) is 5.35. The van der Waals surface area contributed by atoms with E-state index in [-0.39, 0.29) is 11.3 Å². The maximum Gasteiger partial charge on any atom is 0.285 e. The number of hydrogen-bond acceptors (Lipinski definition) is 4. The molecule has 3 aliphatic rings. The first kappa shape index (κ1) is 16.6. The summed E-state index contributed by atoms with van der Waals surface area (Å²) in [5.74, 6) is 1.52. The Labute approximate surface area is 148 Å². The average Bonchev–Trinajstić information content (AvgIpc) is 3.16. The zero-order valence-electron chi connectivity index (χ0n) is 14.8. The van der Waals surface area contributed by atoms with Crippen LogP contribution in [0.3, 0.4) is 0 Å². The fraction of sp³-hybridized carbons (Fsp3) is 0.556. The van der Waals surface area contributed by atoms with Crippen LogP contribution in [-0.2, 0) is 14.8 Å². The summed E-state index contributed by atoms with van der Waals surface area (Å²) in [4.78, 5) is 16.8. The molecular formula is C18H23N3O3S. The minimum absolute atomic E-state index is 0.194. The third-order valence-corrected chi connectivity index (χ3v) is 6.65. The Kier molecular flexibility index (Phi) is 3.51. The van der Waals surface area contributed by atoms with Crippen LogP contribution < -0.4 is 0 Å². The van der Waals surface area contributed by atoms with Gasteiger partial charge in [0.1, 0.15) is 4.90 Å². The second-order valence-corrected chi connectivity index (χ2v) is 9.84. The van der Waals surface area contributed by atoms with Crippen molar-refractivity contribution >= 4 is 21.8 Å². The first-order chi connectivity index (χ1) is 11.7. The minimum atomic E-state index is -3.58. The van der Waals surface area contributed by atoms with Crippen molar-refractivity contribution in [3.05, 3.63) is 29.8 Å². The number of likely N-dealkylation sites (tertiary alicyclic amines) is 2. The predicted octanol–water partition coefficient (Wildman–Crippen LogP) is 1.57. The standard InChI is InChI=1S/C18H23N3O3S/c1-18(2,3)17(22)21-10-12-8-20(9-13(12)11-21)16-14-6-4-5-7-15(14)25(23,24)19-16/h4-7,12-13H,8-11H2,1-3H3. The van der Waals surface area contributed by atoms with Crippen LogP contribution in [0.4, 0.5) is 0 Å². The molecule has 2 unspecified atom stereocenters. The van der Waals surface area contributed by atoms with E-state index in [1.165, 1.54) is 0 Å². The summed E-state index contributed by atoms with van der Waals surface area (Å²) in [7, 11) is -3.58. The fourth-order valence-electron chi connectivity index (χ4n) is 4.12. The molecule has 2 fully saturated rings. The molecule has 0 N–H and O–H groups in total. The Bertz CT molecular complexity index is 856. The Morgan fingerprint density at radius 3 is 2.28 bits per heavy atom. The van der Waals surface area contributed by atoms with Crippen LogP contribution >= 0.6 is 0 Å². The molecule has 2 saturated heterocycles. The lowest BCUT2D eigenvalue weighted by Crippen LogP contribution is -2.40. The summed E-state index contributed by atoms with van der Waals surface area (Å²) < 4.78 is 28.5. The largest absolute Gasteiger partial charge is 0.355 e. The van der Waals surface area contributed by atoms with Crippen molar-refractivity contribution in [3.63, 3.8) is 0 Å². The van der Waals surface area contributed by atoms with Crippen molar-refractivity contribution in [3.8, 4) is 0 Å². The Morgan fingerprint density at radius 1 is 1.08 bits per heavy atom. The average molecular weight is 361 g/mol. The number of nitrogens with zero attached hydrogens (tertiary/aromatic N) is 3. The summed E-state index contributed by atoms with van der Waals surface area (Å²) >= 11 is 0. The topological polar surface area (TPSA) is 70.1 Å². The van der Waals surface area contributed by atoms with E-state index >= 15 is 0 Å². The summed E-state index contributed by atoms with van der Waals surface area (Å²) in [5.41, 5.74) is 0.339. The lowest BCUT2D eigenvalue weighted by molar-refractivity contribution is -0.138. The monoisotopic (exact) mass is 361 g/mol. The SMILES string of the molecule is CC(C)(C)C(=O)N1CC2CN(C3=NS(=O)(=O)c4ccccc43)CC2C1. The summed E-state index contributed by atoms with van der Waals surface area (Å²) in [5, 5.41) is 0. The minimum Gasteiger partial charge on any atom is -0.355 e. The molecule has 7 heteroatoms. The van der Waals surface area contributed by atoms with Crippen LogP contribution in [0.1, 0.15) is 26.3 Å². The van der Waals surface area contributed by atoms with Gasteiger partial charge in [-0.2, -0.15) is 8.42 Å². The van der Waals surface area contributed by atoms with Gasteiger partial charge in [0.2, 0.25) is 5.91 Å². The molecule has 25 heavy (non-hydrogen) atoms. The van der Waals surface area contributed by atoms with Crippen molar-refractivity contribution in [2.75, 3.05) is 26.2 Å². The number of rotatable bonds is 0. The maximum absolute atomic E-state index is 12.5. The molecule has 4 rings (SSSR count). The molecule has 1 amide bonds. The van der Waals surface area contributed by atoms with E-state index in [1.54, 1.807) is 12.1 Å². The Morgan fingerprint density at radius 2 is 1.68 bits per heavy atom. The Hall–Kier alpha value is -1.89. The number of carbonyl (C=O) groups excluding carboxylic acids is 1. The molecule has 134 valence electrons. The Balaban J connectivity index is 1.53. The van der Waals surface area contributed by atoms with Gasteiger partial charge in [0.25, 0.3) is 10.0 Å². The van der Waals surface area contributed by atoms with Gasteiger partial charge in [-0.25, -0.2) is 0 Å². The van der Waals surface area contributed by atoms with Crippen molar-refractivity contribution in [1.82, 2.24) is 9.80 Å². The van der Waals surface area contributed by atoms with E-state index in [9.17, 15) is 13.2 Å². The molecule has 0 aromatic heterocycles. The second kappa shape index (κ2) is 5.30. The first-order valence-corrected chi connectivity index (χ1v) is 10.1. The number of amidine groups is 1. The van der Waals surface area contributed by atoms with Crippen LogP contribution in [-0.4, -0.2) is 56.1 Å². The highest BCUT2D eigenvalue weighted by Crippen LogP contribution is 2.36. The number of hydrogen-bond donors (Lipinski definition) is 0. The molecule has 0 bridgehead atoms. The van der Waals surface area contributed by atoms with E-state index < -0.39 is 10.0 Å². The molecule has 0 saturated carbocycles. The van der Waals surface area contributed by atoms with E-state index in [1.807, 2.05) is 37.8 Å². The van der Waals surface area contributed by atoms with Gasteiger partial charge in [-0.1, -0.05) is 32.9 Å². The lowest BCUT2D eigenvalue weighted by Gasteiger charge is -2.28. The molecule has 3 aliphatic heterocycles. The molecule has 0 aliphatic carbocycles. The first-order valence-electron chi connectivity index (χ1n) is 8.65. The van der Waals surface area contributed by atoms with Gasteiger partial charge in [0.05, 0.1) is 0 Å². The third kappa shape index (κ3) is 2.65. The van der Waals surface area contributed by atoms with Gasteiger partial charge in [0.15, 0.2) is 5.84 Å². The molecule has 6 nitrogen and oxygen atoms in total. The normalized spacial score (nSPS) is 27.2. The van der Waals surface area contributed by atoms with Crippen LogP contribution in [0.2, 0.25) is 0 Å². The molecule has 1 aromatic rings. The zero-order valence-corrected chi connectivity index (χ0v) is 15.6. The third-order valence-electron chi connectivity index (χ3n) is 5.33. The van der Waals surface area contributed by atoms with Gasteiger partial charge >= 0.3 is 0 Å². The molecule has 0 spiro atoms. The van der Waals surface area contributed by atoms with E-state index in [0.717, 1.165) is 26.2 Å². The van der Waals surface area contributed by atoms with Crippen LogP contribution in [0.15, 0.2) is 33.6 Å². The molecular weight excluding hydrogens is 338 g/mol. The maximum atomic E-state index is 12.5. The van der Waals surface area contributed by atoms with Crippen LogP contribution in [0, 0.1) is 17.3 Å². The number of sulfonamides is 1. The van der Waals surface area contributed by atoms with E-state index in [4.69, 9.17) is 0 Å². The molecule has 0 radical (unpaired) electrons. The van der Waals surface area contributed by atoms with Gasteiger partial charge < -0.3 is 9.80 Å². The number of amides is 1. The number of benzene rings is 1. The van der Waals surface area contributed by atoms with Crippen molar-refractivity contribution < 1.29 is 13.2 Å². The predicted molar refractivity (Wildman–Crippen MR) is 94.8 cm³/mol. The van der Waals surface area contributed by atoms with Crippen LogP contribution in [0.5, 0.6) is 0 Å².